The maximum Gasteiger partial charge on any atom is 0.256 e. The van der Waals surface area contributed by atoms with Gasteiger partial charge in [-0.05, 0) is 61.8 Å². The maximum absolute atomic E-state index is 13.1. The summed E-state index contributed by atoms with van der Waals surface area (Å²) in [6.07, 6.45) is 6.73. The second-order valence-corrected chi connectivity index (χ2v) is 8.68. The summed E-state index contributed by atoms with van der Waals surface area (Å²) in [5, 5.41) is 0. The standard InChI is InChI=1S/C20H23NO2/c1-23-20-16-5-3-2-4-15(16)18(22)21(20)11-17-14-7-12-6-13(8-14)10-19(17,20)9-12/h2-5,12-14,17H,6-11H2,1H3/t12-,13+,14?,17?,19?,20?. The number of methoxy groups -OCH3 is 1. The van der Waals surface area contributed by atoms with Gasteiger partial charge in [0.1, 0.15) is 0 Å². The van der Waals surface area contributed by atoms with Crippen LogP contribution in [-0.2, 0) is 10.5 Å². The minimum absolute atomic E-state index is 0.165. The van der Waals surface area contributed by atoms with Crippen molar-refractivity contribution in [1.29, 1.82) is 0 Å². The Kier molecular flexibility index (Phi) is 2.16. The molecule has 0 aromatic heterocycles. The highest BCUT2D eigenvalue weighted by Gasteiger charge is 2.75. The summed E-state index contributed by atoms with van der Waals surface area (Å²) in [5.41, 5.74) is 1.71. The van der Waals surface area contributed by atoms with Crippen LogP contribution in [0.1, 0.15) is 48.0 Å². The molecule has 7 rings (SSSR count). The average Bonchev–Trinajstić information content (AvgIpc) is 2.97. The van der Waals surface area contributed by atoms with Crippen LogP contribution >= 0.6 is 0 Å². The molecule has 4 unspecified atom stereocenters. The molecule has 1 spiro atoms. The summed E-state index contributed by atoms with van der Waals surface area (Å²) >= 11 is 0. The van der Waals surface area contributed by atoms with Crippen molar-refractivity contribution < 1.29 is 9.53 Å². The number of ether oxygens (including phenoxy) is 1. The van der Waals surface area contributed by atoms with Gasteiger partial charge in [0.05, 0.1) is 0 Å². The lowest BCUT2D eigenvalue weighted by atomic mass is 9.43. The maximum atomic E-state index is 13.1. The number of nitrogens with zero attached hydrogens (tertiary/aromatic N) is 1. The molecular weight excluding hydrogens is 286 g/mol. The first-order valence-electron chi connectivity index (χ1n) is 9.16. The van der Waals surface area contributed by atoms with E-state index in [0.29, 0.717) is 5.92 Å². The Bertz CT molecular complexity index is 714. The molecule has 4 bridgehead atoms. The number of amides is 1. The first-order chi connectivity index (χ1) is 11.2. The van der Waals surface area contributed by atoms with E-state index in [4.69, 9.17) is 4.74 Å². The van der Waals surface area contributed by atoms with Gasteiger partial charge < -0.3 is 9.64 Å². The number of carbonyl (C=O) groups excluding carboxylic acids is 1. The molecule has 2 heterocycles. The highest BCUT2D eigenvalue weighted by molar-refractivity contribution is 6.00. The summed E-state index contributed by atoms with van der Waals surface area (Å²) in [5.74, 6) is 3.38. The molecule has 120 valence electrons. The number of carbonyl (C=O) groups is 1. The monoisotopic (exact) mass is 309 g/mol. The highest BCUT2D eigenvalue weighted by Crippen LogP contribution is 2.74. The van der Waals surface area contributed by atoms with E-state index in [1.165, 1.54) is 32.1 Å². The highest BCUT2D eigenvalue weighted by atomic mass is 16.5. The average molecular weight is 309 g/mol. The van der Waals surface area contributed by atoms with E-state index < -0.39 is 5.72 Å². The largest absolute Gasteiger partial charge is 0.354 e. The minimum Gasteiger partial charge on any atom is -0.354 e. The summed E-state index contributed by atoms with van der Waals surface area (Å²) < 4.78 is 6.34. The molecule has 4 aliphatic carbocycles. The van der Waals surface area contributed by atoms with Gasteiger partial charge in [0.15, 0.2) is 5.72 Å². The van der Waals surface area contributed by atoms with Crippen molar-refractivity contribution in [2.45, 2.75) is 37.8 Å². The first kappa shape index (κ1) is 13.0. The van der Waals surface area contributed by atoms with E-state index in [2.05, 4.69) is 17.0 Å². The molecule has 0 radical (unpaired) electrons. The molecule has 6 atom stereocenters. The molecule has 4 saturated carbocycles. The van der Waals surface area contributed by atoms with Crippen molar-refractivity contribution in [2.24, 2.45) is 29.1 Å². The van der Waals surface area contributed by atoms with Gasteiger partial charge in [-0.1, -0.05) is 18.2 Å². The van der Waals surface area contributed by atoms with Crippen molar-refractivity contribution >= 4 is 5.91 Å². The Morgan fingerprint density at radius 1 is 1.13 bits per heavy atom. The van der Waals surface area contributed by atoms with Crippen molar-refractivity contribution in [3.63, 3.8) is 0 Å². The Hall–Kier alpha value is -1.35. The smallest absolute Gasteiger partial charge is 0.256 e. The molecule has 2 aliphatic heterocycles. The summed E-state index contributed by atoms with van der Waals surface area (Å²) in [4.78, 5) is 15.2. The van der Waals surface area contributed by atoms with Crippen molar-refractivity contribution in [3.05, 3.63) is 35.4 Å². The van der Waals surface area contributed by atoms with Gasteiger partial charge in [0, 0.05) is 30.2 Å². The van der Waals surface area contributed by atoms with Gasteiger partial charge in [0.25, 0.3) is 5.91 Å². The molecule has 23 heavy (non-hydrogen) atoms. The van der Waals surface area contributed by atoms with Crippen LogP contribution < -0.4 is 0 Å². The van der Waals surface area contributed by atoms with Crippen LogP contribution in [0.4, 0.5) is 0 Å². The third-order valence-corrected chi connectivity index (χ3v) is 8.02. The lowest BCUT2D eigenvalue weighted by molar-refractivity contribution is -0.226. The normalized spacial score (nSPS) is 48.6. The SMILES string of the molecule is COC12c3ccccc3C(=O)N1CC1C3C[C@@H]4C[C@H](C3)CC12C4. The third-order valence-electron chi connectivity index (χ3n) is 8.02. The number of rotatable bonds is 1. The van der Waals surface area contributed by atoms with Crippen molar-refractivity contribution in [2.75, 3.05) is 13.7 Å². The number of hydrogen-bond acceptors (Lipinski definition) is 2. The van der Waals surface area contributed by atoms with E-state index in [1.54, 1.807) is 0 Å². The third kappa shape index (κ3) is 1.19. The molecule has 3 nitrogen and oxygen atoms in total. The Labute approximate surface area is 137 Å². The number of benzene rings is 1. The molecule has 1 saturated heterocycles. The van der Waals surface area contributed by atoms with Crippen molar-refractivity contribution in [1.82, 2.24) is 4.90 Å². The molecule has 0 N–H and O–H groups in total. The quantitative estimate of drug-likeness (QED) is 0.796. The van der Waals surface area contributed by atoms with E-state index >= 15 is 0 Å². The summed E-state index contributed by atoms with van der Waals surface area (Å²) in [6, 6.07) is 8.20. The fourth-order valence-electron chi connectivity index (χ4n) is 7.77. The lowest BCUT2D eigenvalue weighted by Gasteiger charge is -2.62. The molecule has 6 aliphatic rings. The first-order valence-corrected chi connectivity index (χ1v) is 9.16. The van der Waals surface area contributed by atoms with Crippen LogP contribution in [0.2, 0.25) is 0 Å². The van der Waals surface area contributed by atoms with Crippen LogP contribution in [0.3, 0.4) is 0 Å². The molecule has 5 fully saturated rings. The zero-order valence-corrected chi connectivity index (χ0v) is 13.6. The molecule has 1 aromatic rings. The van der Waals surface area contributed by atoms with Crippen molar-refractivity contribution in [3.8, 4) is 0 Å². The second kappa shape index (κ2) is 3.83. The van der Waals surface area contributed by atoms with Gasteiger partial charge in [-0.3, -0.25) is 4.79 Å². The fourth-order valence-corrected chi connectivity index (χ4v) is 7.77. The zero-order chi connectivity index (χ0) is 15.4. The van der Waals surface area contributed by atoms with Gasteiger partial charge in [-0.15, -0.1) is 0 Å². The van der Waals surface area contributed by atoms with Crippen LogP contribution in [0, 0.1) is 29.1 Å². The lowest BCUT2D eigenvalue weighted by Crippen LogP contribution is -2.60. The minimum atomic E-state index is -0.485. The molecule has 1 aromatic carbocycles. The Morgan fingerprint density at radius 2 is 1.87 bits per heavy atom. The van der Waals surface area contributed by atoms with Gasteiger partial charge in [-0.2, -0.15) is 0 Å². The van der Waals surface area contributed by atoms with E-state index in [0.717, 1.165) is 35.4 Å². The van der Waals surface area contributed by atoms with E-state index in [-0.39, 0.29) is 11.3 Å². The van der Waals surface area contributed by atoms with Crippen LogP contribution in [0.15, 0.2) is 24.3 Å². The van der Waals surface area contributed by atoms with Crippen LogP contribution in [0.5, 0.6) is 0 Å². The second-order valence-electron chi connectivity index (χ2n) is 8.68. The van der Waals surface area contributed by atoms with Crippen LogP contribution in [-0.4, -0.2) is 24.5 Å². The molecule has 3 heteroatoms. The Morgan fingerprint density at radius 3 is 2.61 bits per heavy atom. The van der Waals surface area contributed by atoms with Gasteiger partial charge in [0.2, 0.25) is 0 Å². The molecule has 1 amide bonds. The topological polar surface area (TPSA) is 29.5 Å². The summed E-state index contributed by atoms with van der Waals surface area (Å²) in [6.45, 7) is 0.908. The zero-order valence-electron chi connectivity index (χ0n) is 13.6. The molecular formula is C20H23NO2. The van der Waals surface area contributed by atoms with Gasteiger partial charge in [-0.25, -0.2) is 0 Å². The number of hydrogen-bond donors (Lipinski definition) is 0. The van der Waals surface area contributed by atoms with E-state index in [1.807, 2.05) is 19.2 Å². The van der Waals surface area contributed by atoms with Crippen LogP contribution in [0.25, 0.3) is 0 Å². The Balaban J connectivity index is 1.64. The number of fused-ring (bicyclic) bond motifs is 3. The predicted octanol–water partition coefficient (Wildman–Crippen LogP) is 3.40. The van der Waals surface area contributed by atoms with E-state index in [9.17, 15) is 4.79 Å². The fraction of sp³-hybridized carbons (Fsp3) is 0.650. The predicted molar refractivity (Wildman–Crippen MR) is 85.6 cm³/mol. The van der Waals surface area contributed by atoms with Gasteiger partial charge >= 0.3 is 0 Å². The summed E-state index contributed by atoms with van der Waals surface area (Å²) in [7, 11) is 1.84.